The van der Waals surface area contributed by atoms with Crippen LogP contribution in [-0.2, 0) is 14.3 Å². The predicted molar refractivity (Wildman–Crippen MR) is 102 cm³/mol. The first-order chi connectivity index (χ1) is 10.7. The zero-order valence-corrected chi connectivity index (χ0v) is 16.4. The average molecular weight is 402 g/mol. The Morgan fingerprint density at radius 1 is 1.29 bits per heavy atom. The molecule has 3 atom stereocenters. The van der Waals surface area contributed by atoms with Crippen LogP contribution < -0.4 is 11.1 Å². The van der Waals surface area contributed by atoms with E-state index in [1.807, 2.05) is 11.8 Å². The van der Waals surface area contributed by atoms with Gasteiger partial charge in [-0.2, -0.15) is 11.8 Å². The molecule has 3 rings (SSSR count). The van der Waals surface area contributed by atoms with Crippen molar-refractivity contribution in [2.45, 2.75) is 37.0 Å². The Labute approximate surface area is 160 Å². The smallest absolute Gasteiger partial charge is 0.249 e. The lowest BCUT2D eigenvalue weighted by Gasteiger charge is -2.43. The maximum Gasteiger partial charge on any atom is 0.249 e. The Kier molecular flexibility index (Phi) is 9.66. The molecule has 3 N–H and O–H groups in total. The molecule has 0 aromatic rings. The quantitative estimate of drug-likeness (QED) is 0.704. The summed E-state index contributed by atoms with van der Waals surface area (Å²) in [4.78, 5) is 14.9. The highest BCUT2D eigenvalue weighted by Crippen LogP contribution is 2.33. The lowest BCUT2D eigenvalue weighted by atomic mass is 9.95. The number of rotatable bonds is 5. The molecule has 3 fully saturated rings. The lowest BCUT2D eigenvalue weighted by molar-refractivity contribution is -0.132. The lowest BCUT2D eigenvalue weighted by Crippen LogP contribution is -2.59. The second kappa shape index (κ2) is 10.4. The van der Waals surface area contributed by atoms with Crippen molar-refractivity contribution in [1.29, 1.82) is 0 Å². The SMILES string of the molecule is Cl.Cl.NC[C@H]1CC[C@@H](C(=O)NCC2(N3CCOCC3)CCSC2)O1. The van der Waals surface area contributed by atoms with E-state index in [0.29, 0.717) is 13.1 Å². The third kappa shape index (κ3) is 5.13. The number of nitrogens with two attached hydrogens (primary N) is 1. The molecule has 0 saturated carbocycles. The van der Waals surface area contributed by atoms with E-state index in [-0.39, 0.29) is 48.5 Å². The van der Waals surface area contributed by atoms with Crippen LogP contribution in [0.3, 0.4) is 0 Å². The topological polar surface area (TPSA) is 76.8 Å². The largest absolute Gasteiger partial charge is 0.379 e. The fourth-order valence-electron chi connectivity index (χ4n) is 3.57. The number of amides is 1. The van der Waals surface area contributed by atoms with E-state index in [2.05, 4.69) is 10.2 Å². The summed E-state index contributed by atoms with van der Waals surface area (Å²) in [5.74, 6) is 2.28. The fourth-order valence-corrected chi connectivity index (χ4v) is 5.05. The Morgan fingerprint density at radius 3 is 2.62 bits per heavy atom. The minimum atomic E-state index is -0.315. The molecule has 3 saturated heterocycles. The average Bonchev–Trinajstić information content (AvgIpc) is 3.23. The molecule has 0 bridgehead atoms. The summed E-state index contributed by atoms with van der Waals surface area (Å²) in [6.07, 6.45) is 2.54. The monoisotopic (exact) mass is 401 g/mol. The molecule has 9 heteroatoms. The number of halogens is 2. The van der Waals surface area contributed by atoms with Gasteiger partial charge in [0.05, 0.1) is 19.3 Å². The van der Waals surface area contributed by atoms with Crippen LogP contribution >= 0.6 is 36.6 Å². The standard InChI is InChI=1S/C15H27N3O3S.2ClH/c16-9-12-1-2-13(21-12)14(19)17-10-15(3-8-22-11-15)18-4-6-20-7-5-18;;/h12-13H,1-11,16H2,(H,17,19);2*1H/t12-,13+,15?;;/m1../s1. The van der Waals surface area contributed by atoms with E-state index < -0.39 is 0 Å². The van der Waals surface area contributed by atoms with Gasteiger partial charge in [-0.1, -0.05) is 0 Å². The van der Waals surface area contributed by atoms with Gasteiger partial charge < -0.3 is 20.5 Å². The molecule has 24 heavy (non-hydrogen) atoms. The van der Waals surface area contributed by atoms with Crippen molar-refractivity contribution in [3.8, 4) is 0 Å². The second-order valence-electron chi connectivity index (χ2n) is 6.40. The number of carbonyl (C=O) groups is 1. The van der Waals surface area contributed by atoms with Gasteiger partial charge in [0, 0.05) is 37.5 Å². The van der Waals surface area contributed by atoms with E-state index in [0.717, 1.165) is 51.3 Å². The summed E-state index contributed by atoms with van der Waals surface area (Å²) in [5.41, 5.74) is 5.70. The Balaban J connectivity index is 0.00000144. The van der Waals surface area contributed by atoms with Gasteiger partial charge in [-0.15, -0.1) is 24.8 Å². The Bertz CT molecular complexity index is 394. The molecule has 3 heterocycles. The van der Waals surface area contributed by atoms with Gasteiger partial charge in [0.2, 0.25) is 5.91 Å². The molecule has 142 valence electrons. The van der Waals surface area contributed by atoms with Crippen LogP contribution in [0.5, 0.6) is 0 Å². The summed E-state index contributed by atoms with van der Waals surface area (Å²) in [6.45, 7) is 4.73. The van der Waals surface area contributed by atoms with E-state index in [1.165, 1.54) is 5.75 Å². The van der Waals surface area contributed by atoms with Crippen LogP contribution in [0, 0.1) is 0 Å². The van der Waals surface area contributed by atoms with Crippen LogP contribution in [0.2, 0.25) is 0 Å². The summed E-state index contributed by atoms with van der Waals surface area (Å²) in [7, 11) is 0. The van der Waals surface area contributed by atoms with E-state index >= 15 is 0 Å². The molecule has 0 aromatic carbocycles. The third-order valence-corrected chi connectivity index (χ3v) is 6.25. The number of thioether (sulfide) groups is 1. The van der Waals surface area contributed by atoms with E-state index in [9.17, 15) is 4.79 Å². The van der Waals surface area contributed by atoms with Crippen LogP contribution in [-0.4, -0.2) is 79.5 Å². The number of carbonyl (C=O) groups excluding carboxylic acids is 1. The highest BCUT2D eigenvalue weighted by Gasteiger charge is 2.41. The first kappa shape index (κ1) is 22.3. The molecule has 0 radical (unpaired) electrons. The van der Waals surface area contributed by atoms with Crippen LogP contribution in [0.4, 0.5) is 0 Å². The third-order valence-electron chi connectivity index (χ3n) is 5.02. The molecule has 0 spiro atoms. The molecule has 6 nitrogen and oxygen atoms in total. The van der Waals surface area contributed by atoms with Crippen molar-refractivity contribution in [3.05, 3.63) is 0 Å². The maximum atomic E-state index is 12.4. The van der Waals surface area contributed by atoms with Gasteiger partial charge >= 0.3 is 0 Å². The normalized spacial score (nSPS) is 33.5. The number of nitrogens with zero attached hydrogens (tertiary/aromatic N) is 1. The highest BCUT2D eigenvalue weighted by molar-refractivity contribution is 7.99. The maximum absolute atomic E-state index is 12.4. The number of hydrogen-bond donors (Lipinski definition) is 2. The molecule has 1 amide bonds. The summed E-state index contributed by atoms with van der Waals surface area (Å²) < 4.78 is 11.2. The summed E-state index contributed by atoms with van der Waals surface area (Å²) >= 11 is 1.98. The van der Waals surface area contributed by atoms with Gasteiger partial charge in [0.1, 0.15) is 6.10 Å². The molecule has 3 aliphatic heterocycles. The summed E-state index contributed by atoms with van der Waals surface area (Å²) in [5, 5.41) is 3.15. The number of morpholine rings is 1. The van der Waals surface area contributed by atoms with Gasteiger partial charge in [0.25, 0.3) is 0 Å². The van der Waals surface area contributed by atoms with Crippen LogP contribution in [0.25, 0.3) is 0 Å². The molecule has 3 aliphatic rings. The Hall–Kier alpha value is 0.240. The van der Waals surface area contributed by atoms with E-state index in [4.69, 9.17) is 15.2 Å². The molecular formula is C15H29Cl2N3O3S. The van der Waals surface area contributed by atoms with Crippen molar-refractivity contribution in [1.82, 2.24) is 10.2 Å². The highest BCUT2D eigenvalue weighted by atomic mass is 35.5. The Morgan fingerprint density at radius 2 is 2.04 bits per heavy atom. The van der Waals surface area contributed by atoms with Crippen molar-refractivity contribution in [2.75, 3.05) is 50.9 Å². The number of hydrogen-bond acceptors (Lipinski definition) is 6. The van der Waals surface area contributed by atoms with Gasteiger partial charge in [0.15, 0.2) is 0 Å². The molecular weight excluding hydrogens is 373 g/mol. The first-order valence-corrected chi connectivity index (χ1v) is 9.43. The van der Waals surface area contributed by atoms with E-state index in [1.54, 1.807) is 0 Å². The van der Waals surface area contributed by atoms with Gasteiger partial charge in [-0.25, -0.2) is 0 Å². The van der Waals surface area contributed by atoms with Crippen molar-refractivity contribution in [3.63, 3.8) is 0 Å². The number of nitrogens with one attached hydrogen (secondary N) is 1. The van der Waals surface area contributed by atoms with Gasteiger partial charge in [-0.3, -0.25) is 9.69 Å². The second-order valence-corrected chi connectivity index (χ2v) is 7.51. The summed E-state index contributed by atoms with van der Waals surface area (Å²) in [6, 6.07) is 0. The van der Waals surface area contributed by atoms with Crippen molar-refractivity contribution < 1.29 is 14.3 Å². The molecule has 0 aliphatic carbocycles. The first-order valence-electron chi connectivity index (χ1n) is 8.27. The molecule has 0 aromatic heterocycles. The van der Waals surface area contributed by atoms with Gasteiger partial charge in [-0.05, 0) is 25.0 Å². The number of ether oxygens (including phenoxy) is 2. The molecule has 1 unspecified atom stereocenters. The minimum absolute atomic E-state index is 0. The zero-order chi connectivity index (χ0) is 15.4. The predicted octanol–water partition coefficient (Wildman–Crippen LogP) is 0.660. The van der Waals surface area contributed by atoms with Crippen LogP contribution in [0.15, 0.2) is 0 Å². The minimum Gasteiger partial charge on any atom is -0.379 e. The van der Waals surface area contributed by atoms with Crippen LogP contribution in [0.1, 0.15) is 19.3 Å². The fraction of sp³-hybridized carbons (Fsp3) is 0.933. The van der Waals surface area contributed by atoms with Crippen molar-refractivity contribution >= 4 is 42.5 Å². The zero-order valence-electron chi connectivity index (χ0n) is 13.9. The van der Waals surface area contributed by atoms with Crippen molar-refractivity contribution in [2.24, 2.45) is 5.73 Å².